The second-order valence-electron chi connectivity index (χ2n) is 7.28. The van der Waals surface area contributed by atoms with Gasteiger partial charge in [0.2, 0.25) is 0 Å². The molecule has 0 radical (unpaired) electrons. The summed E-state index contributed by atoms with van der Waals surface area (Å²) in [6, 6.07) is 11.1. The van der Waals surface area contributed by atoms with Crippen molar-refractivity contribution in [3.05, 3.63) is 46.9 Å². The normalized spacial score (nSPS) is 20.4. The zero-order valence-electron chi connectivity index (χ0n) is 15.6. The van der Waals surface area contributed by atoms with E-state index >= 15 is 0 Å². The molecule has 5 rings (SSSR count). The van der Waals surface area contributed by atoms with Gasteiger partial charge in [0, 0.05) is 40.7 Å². The van der Waals surface area contributed by atoms with Gasteiger partial charge in [0.05, 0.1) is 28.0 Å². The van der Waals surface area contributed by atoms with Crippen molar-refractivity contribution in [3.8, 4) is 0 Å². The number of fused-ring (bicyclic) bond motifs is 2. The first kappa shape index (κ1) is 18.0. The van der Waals surface area contributed by atoms with Gasteiger partial charge in [0.1, 0.15) is 4.83 Å². The molecule has 1 aromatic carbocycles. The van der Waals surface area contributed by atoms with E-state index in [4.69, 9.17) is 0 Å². The number of nitrogens with zero attached hydrogens (tertiary/aromatic N) is 3. The molecular weight excluding hydrogens is 388 g/mol. The molecule has 0 bridgehead atoms. The Kier molecular flexibility index (Phi) is 4.76. The Hall–Kier alpha value is -2.06. The number of anilines is 2. The number of hydrogen-bond donors (Lipinski definition) is 2. The average molecular weight is 411 g/mol. The summed E-state index contributed by atoms with van der Waals surface area (Å²) in [6.07, 6.45) is 3.01. The number of aliphatic hydroxyl groups is 1. The SMILES string of the molecule is C[C@@H]1[C@@H](c2cc3c(Nc4ccc5scnc5c4)ccnc3s2)CCN1CCO. The van der Waals surface area contributed by atoms with Gasteiger partial charge >= 0.3 is 0 Å². The summed E-state index contributed by atoms with van der Waals surface area (Å²) in [5, 5.41) is 14.0. The molecule has 2 N–H and O–H groups in total. The maximum atomic E-state index is 9.28. The van der Waals surface area contributed by atoms with Crippen molar-refractivity contribution >= 4 is 54.5 Å². The summed E-state index contributed by atoms with van der Waals surface area (Å²) in [4.78, 5) is 13.9. The lowest BCUT2D eigenvalue weighted by molar-refractivity contribution is 0.188. The third-order valence-electron chi connectivity index (χ3n) is 5.70. The number of thiazole rings is 1. The third kappa shape index (κ3) is 3.18. The Morgan fingerprint density at radius 2 is 2.18 bits per heavy atom. The highest BCUT2D eigenvalue weighted by atomic mass is 32.1. The predicted octanol–water partition coefficient (Wildman–Crippen LogP) is 4.82. The van der Waals surface area contributed by atoms with Gasteiger partial charge < -0.3 is 10.4 Å². The van der Waals surface area contributed by atoms with Crippen LogP contribution >= 0.6 is 22.7 Å². The van der Waals surface area contributed by atoms with Crippen LogP contribution in [0.15, 0.2) is 42.0 Å². The van der Waals surface area contributed by atoms with E-state index in [0.29, 0.717) is 12.0 Å². The first-order valence-corrected chi connectivity index (χ1v) is 11.3. The van der Waals surface area contributed by atoms with E-state index < -0.39 is 0 Å². The molecule has 4 heterocycles. The highest BCUT2D eigenvalue weighted by Gasteiger charge is 2.32. The molecular formula is C21H22N4OS2. The maximum absolute atomic E-state index is 9.28. The number of thiophene rings is 1. The van der Waals surface area contributed by atoms with E-state index in [1.54, 1.807) is 22.7 Å². The van der Waals surface area contributed by atoms with Crippen molar-refractivity contribution in [2.24, 2.45) is 0 Å². The molecule has 0 aliphatic carbocycles. The van der Waals surface area contributed by atoms with E-state index in [1.807, 2.05) is 17.8 Å². The highest BCUT2D eigenvalue weighted by Crippen LogP contribution is 2.41. The average Bonchev–Trinajstić information content (AvgIpc) is 3.41. The van der Waals surface area contributed by atoms with Crippen molar-refractivity contribution < 1.29 is 5.11 Å². The van der Waals surface area contributed by atoms with Gasteiger partial charge in [-0.15, -0.1) is 22.7 Å². The summed E-state index contributed by atoms with van der Waals surface area (Å²) in [7, 11) is 0. The molecule has 1 aliphatic rings. The Morgan fingerprint density at radius 3 is 3.07 bits per heavy atom. The van der Waals surface area contributed by atoms with E-state index in [0.717, 1.165) is 41.2 Å². The standard InChI is InChI=1S/C21H22N4OS2/c1-13-15(5-7-25(13)8-9-26)20-11-16-17(4-6-22-21(16)28-20)24-14-2-3-19-18(10-14)23-12-27-19/h2-4,6,10-13,15,26H,5,7-9H2,1H3,(H,22,24)/t13-,15+/m1/s1. The van der Waals surface area contributed by atoms with Crippen LogP contribution in [0.3, 0.4) is 0 Å². The third-order valence-corrected chi connectivity index (χ3v) is 7.69. The molecule has 1 saturated heterocycles. The van der Waals surface area contributed by atoms with Gasteiger partial charge in [0.15, 0.2) is 0 Å². The number of aromatic nitrogens is 2. The summed E-state index contributed by atoms with van der Waals surface area (Å²) in [5.41, 5.74) is 5.03. The molecule has 0 saturated carbocycles. The molecule has 0 amide bonds. The van der Waals surface area contributed by atoms with Crippen LogP contribution in [0.4, 0.5) is 11.4 Å². The quantitative estimate of drug-likeness (QED) is 0.494. The second-order valence-corrected chi connectivity index (χ2v) is 9.23. The number of aliphatic hydroxyl groups excluding tert-OH is 1. The van der Waals surface area contributed by atoms with Crippen LogP contribution in [-0.4, -0.2) is 45.7 Å². The zero-order valence-corrected chi connectivity index (χ0v) is 17.3. The lowest BCUT2D eigenvalue weighted by atomic mass is 9.99. The van der Waals surface area contributed by atoms with Gasteiger partial charge in [-0.05, 0) is 50.2 Å². The van der Waals surface area contributed by atoms with Crippen molar-refractivity contribution in [1.29, 1.82) is 0 Å². The summed E-state index contributed by atoms with van der Waals surface area (Å²) in [6.45, 7) is 4.30. The van der Waals surface area contributed by atoms with Crippen LogP contribution in [0.5, 0.6) is 0 Å². The predicted molar refractivity (Wildman–Crippen MR) is 118 cm³/mol. The molecule has 3 aromatic heterocycles. The topological polar surface area (TPSA) is 61.3 Å². The lowest BCUT2D eigenvalue weighted by Crippen LogP contribution is -2.31. The van der Waals surface area contributed by atoms with Crippen LogP contribution in [-0.2, 0) is 0 Å². The largest absolute Gasteiger partial charge is 0.395 e. The molecule has 2 atom stereocenters. The van der Waals surface area contributed by atoms with Gasteiger partial charge in [-0.25, -0.2) is 9.97 Å². The van der Waals surface area contributed by atoms with Crippen LogP contribution in [0.1, 0.15) is 24.1 Å². The van der Waals surface area contributed by atoms with E-state index in [1.165, 1.54) is 15.0 Å². The molecule has 144 valence electrons. The molecule has 5 nitrogen and oxygen atoms in total. The minimum Gasteiger partial charge on any atom is -0.395 e. The molecule has 4 aromatic rings. The number of hydrogen-bond acceptors (Lipinski definition) is 7. The lowest BCUT2D eigenvalue weighted by Gasteiger charge is -2.23. The van der Waals surface area contributed by atoms with Gasteiger partial charge in [0.25, 0.3) is 0 Å². The van der Waals surface area contributed by atoms with E-state index in [-0.39, 0.29) is 6.61 Å². The number of benzene rings is 1. The smallest absolute Gasteiger partial charge is 0.125 e. The van der Waals surface area contributed by atoms with E-state index in [9.17, 15) is 5.11 Å². The summed E-state index contributed by atoms with van der Waals surface area (Å²) in [5.74, 6) is 0.505. The fraction of sp³-hybridized carbons (Fsp3) is 0.333. The van der Waals surface area contributed by atoms with Crippen molar-refractivity contribution in [1.82, 2.24) is 14.9 Å². The second kappa shape index (κ2) is 7.40. The molecule has 0 unspecified atom stereocenters. The van der Waals surface area contributed by atoms with Crippen LogP contribution in [0.2, 0.25) is 0 Å². The molecule has 0 spiro atoms. The number of pyridine rings is 1. The highest BCUT2D eigenvalue weighted by molar-refractivity contribution is 7.18. The number of β-amino-alcohol motifs (C(OH)–C–C–N with tert-alkyl or cyclic N) is 1. The van der Waals surface area contributed by atoms with Crippen LogP contribution in [0, 0.1) is 0 Å². The molecule has 7 heteroatoms. The van der Waals surface area contributed by atoms with Gasteiger partial charge in [-0.2, -0.15) is 0 Å². The van der Waals surface area contributed by atoms with Gasteiger partial charge in [-0.3, -0.25) is 4.90 Å². The first-order valence-electron chi connectivity index (χ1n) is 9.56. The van der Waals surface area contributed by atoms with Gasteiger partial charge in [-0.1, -0.05) is 0 Å². The van der Waals surface area contributed by atoms with Crippen molar-refractivity contribution in [2.75, 3.05) is 25.0 Å². The monoisotopic (exact) mass is 410 g/mol. The fourth-order valence-corrected chi connectivity index (χ4v) is 6.09. The number of rotatable bonds is 5. The Morgan fingerprint density at radius 1 is 1.25 bits per heavy atom. The Bertz CT molecular complexity index is 1120. The van der Waals surface area contributed by atoms with E-state index in [2.05, 4.69) is 51.4 Å². The minimum absolute atomic E-state index is 0.225. The Balaban J connectivity index is 1.46. The molecule has 28 heavy (non-hydrogen) atoms. The van der Waals surface area contributed by atoms with Crippen molar-refractivity contribution in [2.45, 2.75) is 25.3 Å². The Labute approximate surface area is 171 Å². The van der Waals surface area contributed by atoms with Crippen LogP contribution in [0.25, 0.3) is 20.4 Å². The molecule has 1 aliphatic heterocycles. The van der Waals surface area contributed by atoms with Crippen LogP contribution < -0.4 is 5.32 Å². The zero-order chi connectivity index (χ0) is 19.1. The summed E-state index contributed by atoms with van der Waals surface area (Å²) < 4.78 is 1.20. The summed E-state index contributed by atoms with van der Waals surface area (Å²) >= 11 is 3.46. The molecule has 1 fully saturated rings. The number of likely N-dealkylation sites (tertiary alicyclic amines) is 1. The first-order chi connectivity index (χ1) is 13.7. The fourth-order valence-electron chi connectivity index (χ4n) is 4.17. The minimum atomic E-state index is 0.225. The van der Waals surface area contributed by atoms with Crippen molar-refractivity contribution in [3.63, 3.8) is 0 Å². The maximum Gasteiger partial charge on any atom is 0.125 e. The number of nitrogens with one attached hydrogen (secondary N) is 1.